The molecular weight excluding hydrogens is 223 g/mol. The summed E-state index contributed by atoms with van der Waals surface area (Å²) in [7, 11) is 0. The summed E-state index contributed by atoms with van der Waals surface area (Å²) in [5.74, 6) is -5.52. The predicted molar refractivity (Wildman–Crippen MR) is 47.5 cm³/mol. The molecule has 0 heterocycles. The summed E-state index contributed by atoms with van der Waals surface area (Å²) in [5.41, 5.74) is -1.44. The molecule has 0 unspecified atom stereocenters. The first kappa shape index (κ1) is 11.8. The van der Waals surface area contributed by atoms with Crippen molar-refractivity contribution >= 4 is 12.0 Å². The summed E-state index contributed by atoms with van der Waals surface area (Å²) in [6.45, 7) is 0. The second-order valence-corrected chi connectivity index (χ2v) is 2.77. The van der Waals surface area contributed by atoms with Crippen LogP contribution in [0.2, 0.25) is 0 Å². The lowest BCUT2D eigenvalue weighted by Crippen LogP contribution is -1.99. The van der Waals surface area contributed by atoms with Crippen molar-refractivity contribution in [3.05, 3.63) is 40.7 Å². The van der Waals surface area contributed by atoms with Gasteiger partial charge >= 0.3 is 5.97 Å². The van der Waals surface area contributed by atoms with Crippen molar-refractivity contribution in [1.82, 2.24) is 0 Å². The fraction of sp³-hybridized carbons (Fsp3) is 0. The maximum atomic E-state index is 13.1. The highest BCUT2D eigenvalue weighted by atomic mass is 19.2. The number of nitrogens with zero attached hydrogens (tertiary/aromatic N) is 1. The van der Waals surface area contributed by atoms with Crippen molar-refractivity contribution in [3.63, 3.8) is 0 Å². The molecule has 3 nitrogen and oxygen atoms in total. The van der Waals surface area contributed by atoms with Gasteiger partial charge in [-0.1, -0.05) is 0 Å². The fourth-order valence-electron chi connectivity index (χ4n) is 0.978. The van der Waals surface area contributed by atoms with Crippen LogP contribution in [0.5, 0.6) is 0 Å². The van der Waals surface area contributed by atoms with Gasteiger partial charge in [0.05, 0.1) is 0 Å². The summed E-state index contributed by atoms with van der Waals surface area (Å²) in [5, 5.41) is 16.8. The summed E-state index contributed by atoms with van der Waals surface area (Å²) in [6, 6.07) is 2.18. The van der Waals surface area contributed by atoms with Gasteiger partial charge in [-0.25, -0.2) is 18.0 Å². The van der Waals surface area contributed by atoms with Crippen molar-refractivity contribution in [2.24, 2.45) is 0 Å². The summed E-state index contributed by atoms with van der Waals surface area (Å²) >= 11 is 0. The minimum atomic E-state index is -1.61. The van der Waals surface area contributed by atoms with Crippen molar-refractivity contribution in [3.8, 4) is 6.07 Å². The Kier molecular flexibility index (Phi) is 3.30. The van der Waals surface area contributed by atoms with Gasteiger partial charge in [-0.05, 0) is 12.1 Å². The predicted octanol–water partition coefficient (Wildman–Crippen LogP) is 2.10. The van der Waals surface area contributed by atoms with Gasteiger partial charge < -0.3 is 5.11 Å². The van der Waals surface area contributed by atoms with Crippen LogP contribution < -0.4 is 0 Å². The summed E-state index contributed by atoms with van der Waals surface area (Å²) in [6.07, 6.45) is 0.559. The van der Waals surface area contributed by atoms with Gasteiger partial charge in [0, 0.05) is 11.6 Å². The second kappa shape index (κ2) is 4.49. The Morgan fingerprint density at radius 2 is 2.00 bits per heavy atom. The Morgan fingerprint density at radius 3 is 2.50 bits per heavy atom. The lowest BCUT2D eigenvalue weighted by Gasteiger charge is -1.99. The molecule has 82 valence electrons. The number of hydrogen-bond acceptors (Lipinski definition) is 2. The highest BCUT2D eigenvalue weighted by Gasteiger charge is 2.12. The Balaban J connectivity index is 3.35. The molecule has 0 radical (unpaired) electrons. The van der Waals surface area contributed by atoms with Crippen LogP contribution in [-0.4, -0.2) is 11.1 Å². The number of benzene rings is 1. The zero-order valence-corrected chi connectivity index (χ0v) is 7.67. The van der Waals surface area contributed by atoms with Crippen LogP contribution >= 0.6 is 0 Å². The smallest absolute Gasteiger partial charge is 0.346 e. The van der Waals surface area contributed by atoms with Crippen LogP contribution in [0.3, 0.4) is 0 Å². The number of aliphatic carboxylic acids is 1. The van der Waals surface area contributed by atoms with Gasteiger partial charge in [0.25, 0.3) is 0 Å². The average Bonchev–Trinajstić information content (AvgIpc) is 2.20. The van der Waals surface area contributed by atoms with E-state index in [4.69, 9.17) is 10.4 Å². The van der Waals surface area contributed by atoms with Crippen molar-refractivity contribution < 1.29 is 23.1 Å². The number of carboxylic acids is 1. The lowest BCUT2D eigenvalue weighted by atomic mass is 10.1. The Bertz CT molecular complexity index is 518. The molecule has 0 aliphatic rings. The van der Waals surface area contributed by atoms with Gasteiger partial charge in [0.2, 0.25) is 0 Å². The Morgan fingerprint density at radius 1 is 1.38 bits per heavy atom. The number of halogens is 3. The first-order valence-electron chi connectivity index (χ1n) is 3.95. The van der Waals surface area contributed by atoms with Gasteiger partial charge in [-0.2, -0.15) is 5.26 Å². The molecule has 0 atom stereocenters. The number of rotatable bonds is 2. The normalized spacial score (nSPS) is 11.0. The SMILES string of the molecule is N#CC(=Cc1cc(F)cc(F)c1F)C(=O)O. The second-order valence-electron chi connectivity index (χ2n) is 2.77. The average molecular weight is 227 g/mol. The minimum Gasteiger partial charge on any atom is -0.477 e. The van der Waals surface area contributed by atoms with E-state index in [9.17, 15) is 18.0 Å². The van der Waals surface area contributed by atoms with E-state index in [1.54, 1.807) is 0 Å². The van der Waals surface area contributed by atoms with E-state index in [1.807, 2.05) is 0 Å². The molecule has 0 saturated carbocycles. The molecule has 0 amide bonds. The molecule has 0 bridgehead atoms. The summed E-state index contributed by atoms with van der Waals surface area (Å²) < 4.78 is 38.5. The van der Waals surface area contributed by atoms with E-state index in [2.05, 4.69) is 0 Å². The third-order valence-electron chi connectivity index (χ3n) is 1.67. The number of nitriles is 1. The maximum Gasteiger partial charge on any atom is 0.346 e. The van der Waals surface area contributed by atoms with Gasteiger partial charge in [-0.3, -0.25) is 0 Å². The number of carboxylic acid groups (broad SMARTS) is 1. The Hall–Kier alpha value is -2.29. The van der Waals surface area contributed by atoms with E-state index in [1.165, 1.54) is 6.07 Å². The standard InChI is InChI=1S/C10H4F3NO2/c11-7-2-5(9(13)8(12)3-7)1-6(4-14)10(15)16/h1-3H,(H,15,16). The monoisotopic (exact) mass is 227 g/mol. The van der Waals surface area contributed by atoms with Crippen molar-refractivity contribution in [2.45, 2.75) is 0 Å². The maximum absolute atomic E-state index is 13.1. The zero-order valence-electron chi connectivity index (χ0n) is 7.67. The molecule has 0 fully saturated rings. The van der Waals surface area contributed by atoms with Crippen LogP contribution in [0.1, 0.15) is 5.56 Å². The quantitative estimate of drug-likeness (QED) is 0.478. The molecule has 1 rings (SSSR count). The molecule has 16 heavy (non-hydrogen) atoms. The van der Waals surface area contributed by atoms with E-state index < -0.39 is 34.6 Å². The molecule has 1 N–H and O–H groups in total. The molecule has 0 aliphatic heterocycles. The molecule has 6 heteroatoms. The van der Waals surface area contributed by atoms with Crippen molar-refractivity contribution in [1.29, 1.82) is 5.26 Å². The molecule has 0 saturated heterocycles. The number of hydrogen-bond donors (Lipinski definition) is 1. The molecule has 0 aromatic heterocycles. The van der Waals surface area contributed by atoms with E-state index >= 15 is 0 Å². The highest BCUT2D eigenvalue weighted by Crippen LogP contribution is 2.17. The van der Waals surface area contributed by atoms with Crippen LogP contribution in [0.4, 0.5) is 13.2 Å². The minimum absolute atomic E-state index is 0.319. The molecule has 1 aromatic carbocycles. The fourth-order valence-corrected chi connectivity index (χ4v) is 0.978. The summed E-state index contributed by atoms with van der Waals surface area (Å²) in [4.78, 5) is 10.4. The van der Waals surface area contributed by atoms with Crippen LogP contribution in [-0.2, 0) is 4.79 Å². The van der Waals surface area contributed by atoms with E-state index in [0.717, 1.165) is 0 Å². The zero-order chi connectivity index (χ0) is 12.3. The molecule has 1 aromatic rings. The first-order valence-corrected chi connectivity index (χ1v) is 3.95. The van der Waals surface area contributed by atoms with Gasteiger partial charge in [0.15, 0.2) is 11.6 Å². The van der Waals surface area contributed by atoms with Crippen LogP contribution in [0.25, 0.3) is 6.08 Å². The number of carbonyl (C=O) groups is 1. The lowest BCUT2D eigenvalue weighted by molar-refractivity contribution is -0.132. The highest BCUT2D eigenvalue weighted by molar-refractivity contribution is 5.96. The van der Waals surface area contributed by atoms with E-state index in [0.29, 0.717) is 18.2 Å². The third kappa shape index (κ3) is 2.39. The van der Waals surface area contributed by atoms with Crippen LogP contribution in [0.15, 0.2) is 17.7 Å². The van der Waals surface area contributed by atoms with Gasteiger partial charge in [-0.15, -0.1) is 0 Å². The van der Waals surface area contributed by atoms with Gasteiger partial charge in [0.1, 0.15) is 17.5 Å². The largest absolute Gasteiger partial charge is 0.477 e. The van der Waals surface area contributed by atoms with Crippen molar-refractivity contribution in [2.75, 3.05) is 0 Å². The van der Waals surface area contributed by atoms with Crippen LogP contribution in [0, 0.1) is 28.8 Å². The molecule has 0 aliphatic carbocycles. The third-order valence-corrected chi connectivity index (χ3v) is 1.67. The van der Waals surface area contributed by atoms with E-state index in [-0.39, 0.29) is 0 Å². The molecule has 0 spiro atoms. The molecular formula is C10H4F3NO2. The topological polar surface area (TPSA) is 61.1 Å². The first-order chi connectivity index (χ1) is 7.45. The Labute approximate surface area is 88.0 Å².